The second-order valence-corrected chi connectivity index (χ2v) is 9.50. The van der Waals surface area contributed by atoms with E-state index in [1.165, 1.54) is 34.7 Å². The fourth-order valence-electron chi connectivity index (χ4n) is 5.24. The van der Waals surface area contributed by atoms with Crippen LogP contribution in [0.1, 0.15) is 42.2 Å². The Morgan fingerprint density at radius 3 is 2.36 bits per heavy atom. The van der Waals surface area contributed by atoms with Crippen LogP contribution in [0.25, 0.3) is 11.1 Å². The lowest BCUT2D eigenvalue weighted by atomic mass is 9.78. The Morgan fingerprint density at radius 1 is 0.909 bits per heavy atom. The number of carbonyl (C=O) groups is 2. The largest absolute Gasteiger partial charge is 0.344 e. The van der Waals surface area contributed by atoms with Crippen LogP contribution in [0.2, 0.25) is 0 Å². The van der Waals surface area contributed by atoms with Crippen molar-refractivity contribution >= 4 is 11.8 Å². The Labute approximate surface area is 194 Å². The number of benzene rings is 2. The van der Waals surface area contributed by atoms with Crippen molar-refractivity contribution in [3.05, 3.63) is 78.1 Å². The van der Waals surface area contributed by atoms with E-state index in [4.69, 9.17) is 0 Å². The number of amides is 1. The molecule has 0 bridgehead atoms. The van der Waals surface area contributed by atoms with Crippen LogP contribution in [0.15, 0.2) is 66.9 Å². The maximum Gasteiger partial charge on any atom is 0.344 e. The average Bonchev–Trinajstić information content (AvgIpc) is 3.48. The number of nitrogens with zero attached hydrogens (tertiary/aromatic N) is 4. The van der Waals surface area contributed by atoms with Crippen molar-refractivity contribution in [2.75, 3.05) is 26.2 Å². The predicted molar refractivity (Wildman–Crippen MR) is 128 cm³/mol. The van der Waals surface area contributed by atoms with Crippen molar-refractivity contribution in [2.45, 2.75) is 32.7 Å². The van der Waals surface area contributed by atoms with E-state index in [9.17, 15) is 9.59 Å². The first-order valence-corrected chi connectivity index (χ1v) is 11.7. The highest BCUT2D eigenvalue weighted by Gasteiger charge is 2.41. The Balaban J connectivity index is 1.18. The molecule has 6 nitrogen and oxygen atoms in total. The van der Waals surface area contributed by atoms with E-state index in [2.05, 4.69) is 58.5 Å². The third kappa shape index (κ3) is 4.62. The number of hydrogen-bond acceptors (Lipinski definition) is 4. The van der Waals surface area contributed by atoms with Gasteiger partial charge in [-0.3, -0.25) is 9.69 Å². The highest BCUT2D eigenvalue weighted by atomic mass is 16.2. The smallest absolute Gasteiger partial charge is 0.323 e. The van der Waals surface area contributed by atoms with Gasteiger partial charge >= 0.3 is 6.03 Å². The summed E-state index contributed by atoms with van der Waals surface area (Å²) < 4.78 is 1.30. The van der Waals surface area contributed by atoms with Crippen molar-refractivity contribution in [3.63, 3.8) is 0 Å². The molecule has 33 heavy (non-hydrogen) atoms. The summed E-state index contributed by atoms with van der Waals surface area (Å²) in [6.07, 6.45) is 4.80. The Hall–Kier alpha value is -3.25. The number of piperidine rings is 1. The van der Waals surface area contributed by atoms with Crippen molar-refractivity contribution in [1.29, 1.82) is 0 Å². The van der Waals surface area contributed by atoms with Gasteiger partial charge in [-0.1, -0.05) is 48.5 Å². The molecule has 0 unspecified atom stereocenters. The molecule has 2 fully saturated rings. The summed E-state index contributed by atoms with van der Waals surface area (Å²) in [6.45, 7) is 6.10. The lowest BCUT2D eigenvalue weighted by Crippen LogP contribution is -2.45. The van der Waals surface area contributed by atoms with Gasteiger partial charge in [0.25, 0.3) is 0 Å². The molecular formula is C27H30N4O2. The van der Waals surface area contributed by atoms with E-state index in [1.807, 2.05) is 11.0 Å². The van der Waals surface area contributed by atoms with Crippen molar-refractivity contribution in [3.8, 4) is 11.1 Å². The molecule has 3 aromatic rings. The molecule has 6 heteroatoms. The summed E-state index contributed by atoms with van der Waals surface area (Å²) in [5.74, 6) is -0.125. The molecule has 0 atom stereocenters. The van der Waals surface area contributed by atoms with E-state index in [1.54, 1.807) is 12.3 Å². The van der Waals surface area contributed by atoms with Gasteiger partial charge < -0.3 is 4.90 Å². The summed E-state index contributed by atoms with van der Waals surface area (Å²) in [4.78, 5) is 28.7. The average molecular weight is 443 g/mol. The van der Waals surface area contributed by atoms with Crippen LogP contribution < -0.4 is 0 Å². The summed E-state index contributed by atoms with van der Waals surface area (Å²) >= 11 is 0. The Morgan fingerprint density at radius 2 is 1.64 bits per heavy atom. The fraction of sp³-hybridized carbons (Fsp3) is 0.370. The summed E-state index contributed by atoms with van der Waals surface area (Å²) in [6, 6.07) is 20.9. The molecule has 2 aliphatic rings. The maximum absolute atomic E-state index is 12.8. The van der Waals surface area contributed by atoms with Gasteiger partial charge in [-0.05, 0) is 60.0 Å². The molecule has 0 N–H and O–H groups in total. The first kappa shape index (κ1) is 21.6. The van der Waals surface area contributed by atoms with Crippen LogP contribution >= 0.6 is 0 Å². The molecule has 5 rings (SSSR count). The summed E-state index contributed by atoms with van der Waals surface area (Å²) in [7, 11) is 0. The van der Waals surface area contributed by atoms with Gasteiger partial charge in [-0.15, -0.1) is 0 Å². The maximum atomic E-state index is 12.8. The molecule has 170 valence electrons. The summed E-state index contributed by atoms with van der Waals surface area (Å²) in [5.41, 5.74) is 4.49. The molecular weight excluding hydrogens is 412 g/mol. The molecule has 2 aromatic carbocycles. The lowest BCUT2D eigenvalue weighted by molar-refractivity contribution is 0.101. The van der Waals surface area contributed by atoms with Gasteiger partial charge in [0.15, 0.2) is 5.78 Å². The topological polar surface area (TPSA) is 58.4 Å². The van der Waals surface area contributed by atoms with Crippen LogP contribution in [0, 0.1) is 5.41 Å². The molecule has 2 aliphatic heterocycles. The van der Waals surface area contributed by atoms with Gasteiger partial charge in [-0.25, -0.2) is 4.79 Å². The zero-order valence-electron chi connectivity index (χ0n) is 19.1. The number of Topliss-reactive ketones (excluding diaryl/α,β-unsaturated/α-hetero) is 1. The van der Waals surface area contributed by atoms with E-state index in [-0.39, 0.29) is 11.8 Å². The monoisotopic (exact) mass is 442 g/mol. The number of carbonyl (C=O) groups excluding carboxylic acids is 2. The molecule has 1 aromatic heterocycles. The highest BCUT2D eigenvalue weighted by Crippen LogP contribution is 2.41. The van der Waals surface area contributed by atoms with E-state index in [0.717, 1.165) is 45.6 Å². The van der Waals surface area contributed by atoms with E-state index < -0.39 is 0 Å². The normalized spacial score (nSPS) is 18.0. The number of aromatic nitrogens is 2. The second-order valence-electron chi connectivity index (χ2n) is 9.50. The third-order valence-electron chi connectivity index (χ3n) is 7.20. The Bertz CT molecular complexity index is 1150. The van der Waals surface area contributed by atoms with Crippen LogP contribution in [-0.4, -0.2) is 57.6 Å². The summed E-state index contributed by atoms with van der Waals surface area (Å²) in [5, 5.41) is 4.13. The molecule has 0 saturated carbocycles. The lowest BCUT2D eigenvalue weighted by Gasteiger charge is -2.39. The van der Waals surface area contributed by atoms with Gasteiger partial charge in [0.1, 0.15) is 5.69 Å². The van der Waals surface area contributed by atoms with Crippen LogP contribution in [0.5, 0.6) is 0 Å². The minimum Gasteiger partial charge on any atom is -0.323 e. The minimum atomic E-state index is -0.134. The van der Waals surface area contributed by atoms with Gasteiger partial charge in [0, 0.05) is 39.3 Å². The first-order chi connectivity index (χ1) is 16.0. The minimum absolute atomic E-state index is 0.125. The molecule has 2 saturated heterocycles. The Kier molecular flexibility index (Phi) is 5.85. The van der Waals surface area contributed by atoms with Crippen molar-refractivity contribution in [2.24, 2.45) is 5.41 Å². The number of rotatable bonds is 4. The zero-order valence-corrected chi connectivity index (χ0v) is 19.1. The number of likely N-dealkylation sites (tertiary alicyclic amines) is 2. The predicted octanol–water partition coefficient (Wildman–Crippen LogP) is 4.71. The quantitative estimate of drug-likeness (QED) is 0.549. The van der Waals surface area contributed by atoms with Crippen LogP contribution in [-0.2, 0) is 6.54 Å². The fourth-order valence-corrected chi connectivity index (χ4v) is 5.24. The van der Waals surface area contributed by atoms with Gasteiger partial charge in [0.2, 0.25) is 0 Å². The molecule has 0 aliphatic carbocycles. The highest BCUT2D eigenvalue weighted by molar-refractivity contribution is 5.92. The number of ketones is 1. The standard InChI is InChI=1S/C27H30N4O2/c1-21(32)25-10-14-31(28-25)26(33)30-16-12-27(13-17-30)11-15-29(20-27)19-22-6-5-9-24(18-22)23-7-3-2-4-8-23/h2-10,14,18H,11-13,15-17,19-20H2,1H3. The molecule has 3 heterocycles. The second kappa shape index (κ2) is 8.94. The van der Waals surface area contributed by atoms with Crippen LogP contribution in [0.3, 0.4) is 0 Å². The van der Waals surface area contributed by atoms with E-state index in [0.29, 0.717) is 11.1 Å². The van der Waals surface area contributed by atoms with Crippen molar-refractivity contribution < 1.29 is 9.59 Å². The van der Waals surface area contributed by atoms with Gasteiger partial charge in [0.05, 0.1) is 0 Å². The zero-order chi connectivity index (χ0) is 22.8. The van der Waals surface area contributed by atoms with Crippen LogP contribution in [0.4, 0.5) is 4.79 Å². The van der Waals surface area contributed by atoms with Gasteiger partial charge in [-0.2, -0.15) is 9.78 Å². The van der Waals surface area contributed by atoms with Crippen molar-refractivity contribution in [1.82, 2.24) is 19.6 Å². The first-order valence-electron chi connectivity index (χ1n) is 11.7. The molecule has 0 radical (unpaired) electrons. The number of hydrogen-bond donors (Lipinski definition) is 0. The third-order valence-corrected chi connectivity index (χ3v) is 7.20. The molecule has 1 amide bonds. The molecule has 1 spiro atoms. The van der Waals surface area contributed by atoms with E-state index >= 15 is 0 Å². The SMILES string of the molecule is CC(=O)c1ccn(C(=O)N2CCC3(CCN(Cc4cccc(-c5ccccc5)c4)C3)CC2)n1.